The summed E-state index contributed by atoms with van der Waals surface area (Å²) >= 11 is 5.14. The third kappa shape index (κ3) is 5.42. The standard InChI is InChI=1S/C24H21BrN4OS/c25-21-14-8-7-13-20(21)23-27-28-24(29(23)19-11-5-2-6-12-19)31-16-15-22(30)26-17-18-9-3-1-4-10-18/h1-14H,15-17H2,(H,26,30). The van der Waals surface area contributed by atoms with Crippen LogP contribution in [-0.4, -0.2) is 26.4 Å². The maximum atomic E-state index is 12.3. The molecule has 156 valence electrons. The number of thioether (sulfide) groups is 1. The molecule has 31 heavy (non-hydrogen) atoms. The summed E-state index contributed by atoms with van der Waals surface area (Å²) in [5.74, 6) is 1.39. The number of aromatic nitrogens is 3. The van der Waals surface area contributed by atoms with Gasteiger partial charge in [-0.25, -0.2) is 0 Å². The molecule has 0 aliphatic carbocycles. The first-order valence-electron chi connectivity index (χ1n) is 9.91. The number of rotatable bonds is 8. The lowest BCUT2D eigenvalue weighted by Gasteiger charge is -2.11. The SMILES string of the molecule is O=C(CCSc1nnc(-c2ccccc2Br)n1-c1ccccc1)NCc1ccccc1. The summed E-state index contributed by atoms with van der Waals surface area (Å²) in [6.07, 6.45) is 0.406. The molecule has 5 nitrogen and oxygen atoms in total. The van der Waals surface area contributed by atoms with Crippen LogP contribution in [0.25, 0.3) is 17.1 Å². The van der Waals surface area contributed by atoms with Crippen LogP contribution in [0.3, 0.4) is 0 Å². The number of nitrogens with one attached hydrogen (secondary N) is 1. The molecule has 0 atom stereocenters. The molecule has 0 bridgehead atoms. The van der Waals surface area contributed by atoms with Crippen LogP contribution in [0.2, 0.25) is 0 Å². The van der Waals surface area contributed by atoms with Gasteiger partial charge in [0.25, 0.3) is 0 Å². The quantitative estimate of drug-likeness (QED) is 0.330. The summed E-state index contributed by atoms with van der Waals surface area (Å²) in [4.78, 5) is 12.3. The van der Waals surface area contributed by atoms with Crippen LogP contribution < -0.4 is 5.32 Å². The molecular formula is C24H21BrN4OS. The first-order valence-corrected chi connectivity index (χ1v) is 11.7. The molecule has 0 saturated heterocycles. The zero-order valence-electron chi connectivity index (χ0n) is 16.7. The molecule has 1 amide bonds. The number of nitrogens with zero attached hydrogens (tertiary/aromatic N) is 3. The number of carbonyl (C=O) groups is 1. The van der Waals surface area contributed by atoms with Gasteiger partial charge in [-0.2, -0.15) is 0 Å². The molecule has 0 fully saturated rings. The van der Waals surface area contributed by atoms with E-state index in [9.17, 15) is 4.79 Å². The lowest BCUT2D eigenvalue weighted by atomic mass is 10.2. The highest BCUT2D eigenvalue weighted by Crippen LogP contribution is 2.32. The number of para-hydroxylation sites is 1. The second-order valence-electron chi connectivity index (χ2n) is 6.82. The minimum Gasteiger partial charge on any atom is -0.352 e. The molecule has 1 N–H and O–H groups in total. The van der Waals surface area contributed by atoms with Crippen LogP contribution in [0, 0.1) is 0 Å². The molecule has 1 aromatic heterocycles. The number of benzene rings is 3. The fourth-order valence-electron chi connectivity index (χ4n) is 3.11. The van der Waals surface area contributed by atoms with Crippen molar-refractivity contribution >= 4 is 33.6 Å². The lowest BCUT2D eigenvalue weighted by Crippen LogP contribution is -2.23. The van der Waals surface area contributed by atoms with E-state index in [4.69, 9.17) is 0 Å². The minimum absolute atomic E-state index is 0.0214. The highest BCUT2D eigenvalue weighted by Gasteiger charge is 2.18. The molecule has 0 unspecified atom stereocenters. The normalized spacial score (nSPS) is 10.7. The Labute approximate surface area is 194 Å². The molecule has 0 aliphatic heterocycles. The van der Waals surface area contributed by atoms with E-state index in [0.717, 1.165) is 32.3 Å². The Bertz CT molecular complexity index is 1150. The maximum Gasteiger partial charge on any atom is 0.221 e. The fraction of sp³-hybridized carbons (Fsp3) is 0.125. The Morgan fingerprint density at radius 1 is 0.903 bits per heavy atom. The third-order valence-electron chi connectivity index (χ3n) is 4.66. The largest absolute Gasteiger partial charge is 0.352 e. The van der Waals surface area contributed by atoms with Crippen LogP contribution >= 0.6 is 27.7 Å². The highest BCUT2D eigenvalue weighted by molar-refractivity contribution is 9.10. The van der Waals surface area contributed by atoms with Gasteiger partial charge in [-0.1, -0.05) is 94.4 Å². The number of carbonyl (C=O) groups excluding carboxylic acids is 1. The van der Waals surface area contributed by atoms with Gasteiger partial charge in [0.05, 0.1) is 0 Å². The van der Waals surface area contributed by atoms with Crippen LogP contribution in [-0.2, 0) is 11.3 Å². The molecule has 1 heterocycles. The van der Waals surface area contributed by atoms with Crippen molar-refractivity contribution in [2.75, 3.05) is 5.75 Å². The van der Waals surface area contributed by atoms with Crippen molar-refractivity contribution < 1.29 is 4.79 Å². The summed E-state index contributed by atoms with van der Waals surface area (Å²) < 4.78 is 2.99. The van der Waals surface area contributed by atoms with Gasteiger partial charge in [-0.3, -0.25) is 9.36 Å². The van der Waals surface area contributed by atoms with Crippen molar-refractivity contribution in [1.29, 1.82) is 0 Å². The number of hydrogen-bond donors (Lipinski definition) is 1. The average Bonchev–Trinajstić information content (AvgIpc) is 3.23. The summed E-state index contributed by atoms with van der Waals surface area (Å²) in [6.45, 7) is 0.538. The Morgan fingerprint density at radius 2 is 1.58 bits per heavy atom. The van der Waals surface area contributed by atoms with E-state index in [1.165, 1.54) is 11.8 Å². The molecule has 4 rings (SSSR count). The minimum atomic E-state index is 0.0214. The van der Waals surface area contributed by atoms with Crippen molar-refractivity contribution in [2.45, 2.75) is 18.1 Å². The van der Waals surface area contributed by atoms with E-state index >= 15 is 0 Å². The fourth-order valence-corrected chi connectivity index (χ4v) is 4.46. The summed E-state index contributed by atoms with van der Waals surface area (Å²) in [6, 6.07) is 27.9. The predicted octanol–water partition coefficient (Wildman–Crippen LogP) is 5.50. The zero-order chi connectivity index (χ0) is 21.5. The van der Waals surface area contributed by atoms with Crippen LogP contribution in [0.1, 0.15) is 12.0 Å². The molecular weight excluding hydrogens is 472 g/mol. The third-order valence-corrected chi connectivity index (χ3v) is 6.28. The maximum absolute atomic E-state index is 12.3. The number of halogens is 1. The summed E-state index contributed by atoms with van der Waals surface area (Å²) in [5.41, 5.74) is 3.03. The van der Waals surface area contributed by atoms with Crippen molar-refractivity contribution in [3.05, 3.63) is 95.0 Å². The van der Waals surface area contributed by atoms with Gasteiger partial charge >= 0.3 is 0 Å². The zero-order valence-corrected chi connectivity index (χ0v) is 19.1. The van der Waals surface area contributed by atoms with Crippen molar-refractivity contribution in [3.8, 4) is 17.1 Å². The van der Waals surface area contributed by atoms with E-state index in [-0.39, 0.29) is 5.91 Å². The van der Waals surface area contributed by atoms with Gasteiger partial charge in [0.1, 0.15) is 0 Å². The molecule has 0 spiro atoms. The van der Waals surface area contributed by atoms with E-state index < -0.39 is 0 Å². The van der Waals surface area contributed by atoms with E-state index in [1.54, 1.807) is 0 Å². The second-order valence-corrected chi connectivity index (χ2v) is 8.73. The van der Waals surface area contributed by atoms with Crippen LogP contribution in [0.5, 0.6) is 0 Å². The van der Waals surface area contributed by atoms with Gasteiger partial charge in [-0.15, -0.1) is 10.2 Å². The van der Waals surface area contributed by atoms with E-state index in [0.29, 0.717) is 18.7 Å². The molecule has 4 aromatic rings. The molecule has 0 radical (unpaired) electrons. The molecule has 3 aromatic carbocycles. The Morgan fingerprint density at radius 3 is 2.32 bits per heavy atom. The molecule has 0 aliphatic rings. The molecule has 7 heteroatoms. The van der Waals surface area contributed by atoms with Gasteiger partial charge in [0, 0.05) is 34.4 Å². The van der Waals surface area contributed by atoms with Gasteiger partial charge in [0.15, 0.2) is 11.0 Å². The summed E-state index contributed by atoms with van der Waals surface area (Å²) in [5, 5.41) is 12.6. The first kappa shape index (κ1) is 21.3. The first-order chi connectivity index (χ1) is 15.2. The summed E-state index contributed by atoms with van der Waals surface area (Å²) in [7, 11) is 0. The molecule has 0 saturated carbocycles. The Hall–Kier alpha value is -2.90. The van der Waals surface area contributed by atoms with Crippen molar-refractivity contribution in [2.24, 2.45) is 0 Å². The smallest absolute Gasteiger partial charge is 0.221 e. The van der Waals surface area contributed by atoms with Crippen LogP contribution in [0.4, 0.5) is 0 Å². The van der Waals surface area contributed by atoms with Gasteiger partial charge in [-0.05, 0) is 23.8 Å². The van der Waals surface area contributed by atoms with Gasteiger partial charge < -0.3 is 5.32 Å². The van der Waals surface area contributed by atoms with E-state index in [2.05, 4.69) is 31.4 Å². The highest BCUT2D eigenvalue weighted by atomic mass is 79.9. The number of hydrogen-bond acceptors (Lipinski definition) is 4. The van der Waals surface area contributed by atoms with Crippen molar-refractivity contribution in [1.82, 2.24) is 20.1 Å². The van der Waals surface area contributed by atoms with E-state index in [1.807, 2.05) is 89.5 Å². The van der Waals surface area contributed by atoms with Crippen LogP contribution in [0.15, 0.2) is 94.6 Å². The monoisotopic (exact) mass is 492 g/mol. The second kappa shape index (κ2) is 10.4. The predicted molar refractivity (Wildman–Crippen MR) is 128 cm³/mol. The number of amides is 1. The van der Waals surface area contributed by atoms with Crippen molar-refractivity contribution in [3.63, 3.8) is 0 Å². The lowest BCUT2D eigenvalue weighted by molar-refractivity contribution is -0.120. The average molecular weight is 493 g/mol. The topological polar surface area (TPSA) is 59.8 Å². The van der Waals surface area contributed by atoms with Gasteiger partial charge in [0.2, 0.25) is 5.91 Å². The Balaban J connectivity index is 1.47. The Kier molecular flexibility index (Phi) is 7.17.